The van der Waals surface area contributed by atoms with E-state index in [-0.39, 0.29) is 5.75 Å². The van der Waals surface area contributed by atoms with Gasteiger partial charge in [0.25, 0.3) is 0 Å². The summed E-state index contributed by atoms with van der Waals surface area (Å²) >= 11 is 0. The highest BCUT2D eigenvalue weighted by molar-refractivity contribution is 5.78. The van der Waals surface area contributed by atoms with E-state index in [1.165, 1.54) is 6.07 Å². The molecule has 5 heteroatoms. The van der Waals surface area contributed by atoms with Crippen molar-refractivity contribution in [2.75, 3.05) is 6.61 Å². The van der Waals surface area contributed by atoms with Gasteiger partial charge in [0, 0.05) is 6.07 Å². The molecule has 1 atom stereocenters. The first kappa shape index (κ1) is 17.4. The Bertz CT molecular complexity index is 764. The number of hydrogen-bond donors (Lipinski definition) is 0. The summed E-state index contributed by atoms with van der Waals surface area (Å²) in [5.74, 6) is 0.680. The standard InChI is InChI=1S/C19H19NO4/c1-4-22-18-11-15(12-20)8-9-17(18)24-19(21)14(3)23-16-7-5-6-13(2)10-16/h5-11,14H,4H2,1-3H3/t14-/m1/s1. The molecule has 124 valence electrons. The molecule has 0 aliphatic carbocycles. The molecule has 5 nitrogen and oxygen atoms in total. The number of hydrogen-bond acceptors (Lipinski definition) is 5. The van der Waals surface area contributed by atoms with Crippen molar-refractivity contribution in [1.29, 1.82) is 5.26 Å². The fourth-order valence-electron chi connectivity index (χ4n) is 2.06. The molecule has 2 aromatic rings. The predicted molar refractivity (Wildman–Crippen MR) is 89.2 cm³/mol. The summed E-state index contributed by atoms with van der Waals surface area (Å²) in [6, 6.07) is 14.1. The van der Waals surface area contributed by atoms with Crippen molar-refractivity contribution in [3.8, 4) is 23.3 Å². The molecule has 0 aliphatic rings. The minimum atomic E-state index is -0.781. The average Bonchev–Trinajstić information content (AvgIpc) is 2.56. The highest BCUT2D eigenvalue weighted by atomic mass is 16.6. The lowest BCUT2D eigenvalue weighted by Crippen LogP contribution is -2.28. The van der Waals surface area contributed by atoms with Gasteiger partial charge >= 0.3 is 5.97 Å². The minimum Gasteiger partial charge on any atom is -0.490 e. The molecule has 0 radical (unpaired) electrons. The zero-order valence-corrected chi connectivity index (χ0v) is 13.9. The maximum Gasteiger partial charge on any atom is 0.352 e. The number of nitriles is 1. The van der Waals surface area contributed by atoms with Crippen LogP contribution in [0.4, 0.5) is 0 Å². The van der Waals surface area contributed by atoms with Gasteiger partial charge in [0.15, 0.2) is 17.6 Å². The van der Waals surface area contributed by atoms with Crippen molar-refractivity contribution in [1.82, 2.24) is 0 Å². The van der Waals surface area contributed by atoms with Gasteiger partial charge in [0.2, 0.25) is 0 Å². The Kier molecular flexibility index (Phi) is 5.80. The van der Waals surface area contributed by atoms with E-state index in [1.807, 2.05) is 38.1 Å². The van der Waals surface area contributed by atoms with Crippen LogP contribution >= 0.6 is 0 Å². The molecule has 0 bridgehead atoms. The van der Waals surface area contributed by atoms with Crippen molar-refractivity contribution in [3.05, 3.63) is 53.6 Å². The number of carbonyl (C=O) groups excluding carboxylic acids is 1. The van der Waals surface area contributed by atoms with Gasteiger partial charge in [-0.1, -0.05) is 12.1 Å². The van der Waals surface area contributed by atoms with Crippen LogP contribution in [0.5, 0.6) is 17.2 Å². The summed E-state index contributed by atoms with van der Waals surface area (Å²) in [5.41, 5.74) is 1.47. The number of esters is 1. The maximum atomic E-state index is 12.2. The lowest BCUT2D eigenvalue weighted by Gasteiger charge is -2.16. The Morgan fingerprint density at radius 1 is 1.21 bits per heavy atom. The van der Waals surface area contributed by atoms with Crippen LogP contribution in [0.1, 0.15) is 25.0 Å². The maximum absolute atomic E-state index is 12.2. The SMILES string of the molecule is CCOc1cc(C#N)ccc1OC(=O)[C@@H](C)Oc1cccc(C)c1. The van der Waals surface area contributed by atoms with Crippen LogP contribution in [-0.4, -0.2) is 18.7 Å². The fourth-order valence-corrected chi connectivity index (χ4v) is 2.06. The average molecular weight is 325 g/mol. The van der Waals surface area contributed by atoms with Crippen LogP contribution in [0.15, 0.2) is 42.5 Å². The number of rotatable bonds is 6. The normalized spacial score (nSPS) is 11.2. The van der Waals surface area contributed by atoms with Crippen molar-refractivity contribution in [2.45, 2.75) is 26.9 Å². The molecular formula is C19H19NO4. The first-order valence-corrected chi connectivity index (χ1v) is 7.65. The van der Waals surface area contributed by atoms with Gasteiger partial charge in [-0.15, -0.1) is 0 Å². The van der Waals surface area contributed by atoms with Gasteiger partial charge in [-0.3, -0.25) is 0 Å². The summed E-state index contributed by atoms with van der Waals surface area (Å²) in [4.78, 5) is 12.2. The molecule has 0 saturated carbocycles. The smallest absolute Gasteiger partial charge is 0.352 e. The van der Waals surface area contributed by atoms with Gasteiger partial charge in [0.05, 0.1) is 18.2 Å². The summed E-state index contributed by atoms with van der Waals surface area (Å²) in [6.07, 6.45) is -0.781. The largest absolute Gasteiger partial charge is 0.490 e. The third-order valence-electron chi connectivity index (χ3n) is 3.22. The molecule has 0 saturated heterocycles. The molecule has 0 spiro atoms. The highest BCUT2D eigenvalue weighted by Crippen LogP contribution is 2.29. The van der Waals surface area contributed by atoms with Gasteiger partial charge < -0.3 is 14.2 Å². The number of ether oxygens (including phenoxy) is 3. The lowest BCUT2D eigenvalue weighted by atomic mass is 10.2. The Hall–Kier alpha value is -3.00. The zero-order chi connectivity index (χ0) is 17.5. The Balaban J connectivity index is 2.09. The van der Waals surface area contributed by atoms with E-state index < -0.39 is 12.1 Å². The summed E-state index contributed by atoms with van der Waals surface area (Å²) in [7, 11) is 0. The zero-order valence-electron chi connectivity index (χ0n) is 13.9. The Morgan fingerprint density at radius 3 is 2.67 bits per heavy atom. The van der Waals surface area contributed by atoms with E-state index in [0.29, 0.717) is 23.7 Å². The van der Waals surface area contributed by atoms with Crippen LogP contribution in [-0.2, 0) is 4.79 Å². The summed E-state index contributed by atoms with van der Waals surface area (Å²) in [5, 5.41) is 8.94. The van der Waals surface area contributed by atoms with Gasteiger partial charge in [-0.25, -0.2) is 4.79 Å². The summed E-state index contributed by atoms with van der Waals surface area (Å²) < 4.78 is 16.4. The molecule has 0 N–H and O–H groups in total. The van der Waals surface area contributed by atoms with Crippen LogP contribution < -0.4 is 14.2 Å². The van der Waals surface area contributed by atoms with E-state index in [1.54, 1.807) is 25.1 Å². The second-order valence-corrected chi connectivity index (χ2v) is 5.20. The Morgan fingerprint density at radius 2 is 2.00 bits per heavy atom. The lowest BCUT2D eigenvalue weighted by molar-refractivity contribution is -0.141. The molecule has 2 aromatic carbocycles. The van der Waals surface area contributed by atoms with Crippen LogP contribution in [0.25, 0.3) is 0 Å². The number of aryl methyl sites for hydroxylation is 1. The van der Waals surface area contributed by atoms with Crippen molar-refractivity contribution < 1.29 is 19.0 Å². The van der Waals surface area contributed by atoms with Crippen molar-refractivity contribution in [3.63, 3.8) is 0 Å². The number of carbonyl (C=O) groups is 1. The minimum absolute atomic E-state index is 0.264. The third kappa shape index (κ3) is 4.50. The molecule has 0 heterocycles. The van der Waals surface area contributed by atoms with Crippen LogP contribution in [0, 0.1) is 18.3 Å². The highest BCUT2D eigenvalue weighted by Gasteiger charge is 2.19. The number of nitrogens with zero attached hydrogens (tertiary/aromatic N) is 1. The van der Waals surface area contributed by atoms with Gasteiger partial charge in [0.1, 0.15) is 5.75 Å². The molecule has 0 amide bonds. The Labute approximate surface area is 141 Å². The molecule has 2 rings (SSSR count). The topological polar surface area (TPSA) is 68.5 Å². The first-order chi connectivity index (χ1) is 11.5. The predicted octanol–water partition coefficient (Wildman–Crippen LogP) is 3.64. The second kappa shape index (κ2) is 8.02. The quantitative estimate of drug-likeness (QED) is 0.599. The monoisotopic (exact) mass is 325 g/mol. The number of benzene rings is 2. The molecule has 0 aliphatic heterocycles. The molecule has 0 fully saturated rings. The molecule has 0 unspecified atom stereocenters. The van der Waals surface area contributed by atoms with E-state index >= 15 is 0 Å². The third-order valence-corrected chi connectivity index (χ3v) is 3.22. The van der Waals surface area contributed by atoms with Gasteiger partial charge in [-0.2, -0.15) is 5.26 Å². The van der Waals surface area contributed by atoms with Gasteiger partial charge in [-0.05, 0) is 50.6 Å². The second-order valence-electron chi connectivity index (χ2n) is 5.20. The van der Waals surface area contributed by atoms with Crippen LogP contribution in [0.2, 0.25) is 0 Å². The molecule has 24 heavy (non-hydrogen) atoms. The van der Waals surface area contributed by atoms with E-state index in [2.05, 4.69) is 0 Å². The molecular weight excluding hydrogens is 306 g/mol. The molecule has 0 aromatic heterocycles. The van der Waals surface area contributed by atoms with E-state index in [9.17, 15) is 4.79 Å². The fraction of sp³-hybridized carbons (Fsp3) is 0.263. The van der Waals surface area contributed by atoms with Crippen LogP contribution in [0.3, 0.4) is 0 Å². The van der Waals surface area contributed by atoms with E-state index in [0.717, 1.165) is 5.56 Å². The first-order valence-electron chi connectivity index (χ1n) is 7.65. The van der Waals surface area contributed by atoms with Crippen molar-refractivity contribution in [2.24, 2.45) is 0 Å². The van der Waals surface area contributed by atoms with E-state index in [4.69, 9.17) is 19.5 Å². The van der Waals surface area contributed by atoms with Crippen molar-refractivity contribution >= 4 is 5.97 Å². The summed E-state index contributed by atoms with van der Waals surface area (Å²) in [6.45, 7) is 5.78.